The molecule has 1 fully saturated rings. The van der Waals surface area contributed by atoms with Crippen molar-refractivity contribution in [3.8, 4) is 11.1 Å². The van der Waals surface area contributed by atoms with Crippen LogP contribution in [0.5, 0.6) is 0 Å². The van der Waals surface area contributed by atoms with E-state index in [9.17, 15) is 9.90 Å². The molecule has 1 amide bonds. The number of hydrogen-bond donors (Lipinski definition) is 2. The summed E-state index contributed by atoms with van der Waals surface area (Å²) in [6, 6.07) is 49.3. The van der Waals surface area contributed by atoms with E-state index in [1.165, 1.54) is 16.3 Å². The molecular weight excluding hydrogens is 633 g/mol. The molecule has 7 rings (SSSR count). The third kappa shape index (κ3) is 8.28. The van der Waals surface area contributed by atoms with E-state index in [0.717, 1.165) is 46.3 Å². The molecule has 0 aromatic heterocycles. The lowest BCUT2D eigenvalue weighted by atomic mass is 9.98. The van der Waals surface area contributed by atoms with Crippen LogP contribution >= 0.6 is 0 Å². The second-order valence-corrected chi connectivity index (χ2v) is 13.4. The van der Waals surface area contributed by atoms with Crippen molar-refractivity contribution in [3.63, 3.8) is 0 Å². The molecule has 258 valence electrons. The predicted molar refractivity (Wildman–Crippen MR) is 203 cm³/mol. The summed E-state index contributed by atoms with van der Waals surface area (Å²) in [6.07, 6.45) is -0.0470. The van der Waals surface area contributed by atoms with Crippen LogP contribution in [0, 0.1) is 0 Å². The molecule has 4 atom stereocenters. The van der Waals surface area contributed by atoms with Crippen LogP contribution in [0.25, 0.3) is 21.9 Å². The smallest absolute Gasteiger partial charge is 0.251 e. The molecule has 0 radical (unpaired) electrons. The summed E-state index contributed by atoms with van der Waals surface area (Å²) in [7, 11) is 2.16. The highest BCUT2D eigenvalue weighted by Crippen LogP contribution is 2.39. The summed E-state index contributed by atoms with van der Waals surface area (Å²) in [5.41, 5.74) is 7.99. The summed E-state index contributed by atoms with van der Waals surface area (Å²) in [5, 5.41) is 15.1. The second-order valence-electron chi connectivity index (χ2n) is 13.4. The molecule has 0 saturated carbocycles. The first-order valence-electron chi connectivity index (χ1n) is 17.7. The van der Waals surface area contributed by atoms with Crippen LogP contribution in [0.15, 0.2) is 146 Å². The number of likely N-dealkylation sites (N-methyl/N-ethyl adjacent to an activating group) is 1. The zero-order valence-electron chi connectivity index (χ0n) is 29.1. The van der Waals surface area contributed by atoms with E-state index in [2.05, 4.69) is 115 Å². The third-order valence-electron chi connectivity index (χ3n) is 9.96. The van der Waals surface area contributed by atoms with Crippen molar-refractivity contribution in [1.29, 1.82) is 0 Å². The average molecular weight is 677 g/mol. The number of carbonyl (C=O) groups is 1. The van der Waals surface area contributed by atoms with Gasteiger partial charge in [-0.25, -0.2) is 0 Å². The van der Waals surface area contributed by atoms with Gasteiger partial charge in [-0.2, -0.15) is 0 Å². The van der Waals surface area contributed by atoms with Crippen LogP contribution in [-0.2, 0) is 22.6 Å². The maximum Gasteiger partial charge on any atom is 0.251 e. The summed E-state index contributed by atoms with van der Waals surface area (Å²) in [6.45, 7) is 3.44. The molecule has 6 aromatic carbocycles. The van der Waals surface area contributed by atoms with E-state index < -0.39 is 6.29 Å². The lowest BCUT2D eigenvalue weighted by Crippen LogP contribution is -2.38. The summed E-state index contributed by atoms with van der Waals surface area (Å²) >= 11 is 0. The van der Waals surface area contributed by atoms with Crippen molar-refractivity contribution >= 4 is 16.7 Å². The molecule has 1 saturated heterocycles. The van der Waals surface area contributed by atoms with E-state index >= 15 is 0 Å². The number of aliphatic hydroxyl groups excluding tert-OH is 1. The zero-order chi connectivity index (χ0) is 35.2. The number of benzene rings is 6. The summed E-state index contributed by atoms with van der Waals surface area (Å²) in [4.78, 5) is 14.9. The molecule has 6 heteroatoms. The van der Waals surface area contributed by atoms with E-state index in [0.29, 0.717) is 12.1 Å². The topological polar surface area (TPSA) is 71.0 Å². The van der Waals surface area contributed by atoms with Crippen molar-refractivity contribution in [2.24, 2.45) is 0 Å². The van der Waals surface area contributed by atoms with Crippen LogP contribution in [0.1, 0.15) is 70.0 Å². The number of nitrogens with one attached hydrogen (secondary N) is 1. The first-order chi connectivity index (χ1) is 24.9. The largest absolute Gasteiger partial charge is 0.392 e. The van der Waals surface area contributed by atoms with Gasteiger partial charge in [0.05, 0.1) is 18.8 Å². The monoisotopic (exact) mass is 676 g/mol. The van der Waals surface area contributed by atoms with Gasteiger partial charge in [0.15, 0.2) is 6.29 Å². The minimum atomic E-state index is -0.538. The fourth-order valence-corrected chi connectivity index (χ4v) is 6.80. The Morgan fingerprint density at radius 3 is 2.24 bits per heavy atom. The summed E-state index contributed by atoms with van der Waals surface area (Å²) in [5.74, 6) is -0.0897. The third-order valence-corrected chi connectivity index (χ3v) is 9.96. The molecule has 6 nitrogen and oxygen atoms in total. The fourth-order valence-electron chi connectivity index (χ4n) is 6.80. The highest BCUT2D eigenvalue weighted by atomic mass is 16.7. The predicted octanol–water partition coefficient (Wildman–Crippen LogP) is 9.17. The van der Waals surface area contributed by atoms with Gasteiger partial charge in [0.1, 0.15) is 0 Å². The second kappa shape index (κ2) is 15.8. The SMILES string of the molecule is CC(c1ccc2ccccc2c1)N(C)CC1CC(c2ccc(CO)cc2)OC(c2ccc(-c3cccc(CNC(=O)c4ccccc4)c3)cc2)O1. The van der Waals surface area contributed by atoms with Crippen molar-refractivity contribution in [2.45, 2.75) is 51.0 Å². The van der Waals surface area contributed by atoms with Crippen LogP contribution in [0.4, 0.5) is 0 Å². The Morgan fingerprint density at radius 1 is 0.745 bits per heavy atom. The number of carbonyl (C=O) groups excluding carboxylic acids is 1. The van der Waals surface area contributed by atoms with E-state index in [1.54, 1.807) is 0 Å². The molecule has 4 unspecified atom stereocenters. The standard InChI is InChI=1S/C45H44N2O4/c1-31(39-24-21-34-10-6-7-13-41(34)26-39)47(2)29-42-27-43(36-17-15-32(30-48)16-18-36)51-45(50-42)38-22-19-35(20-23-38)40-14-8-9-33(25-40)28-46-44(49)37-11-4-3-5-12-37/h3-26,31,42-43,45,48H,27-30H2,1-2H3,(H,46,49). The molecule has 1 heterocycles. The molecule has 1 aliphatic heterocycles. The van der Waals surface area contributed by atoms with Gasteiger partial charge in [0.25, 0.3) is 5.91 Å². The maximum absolute atomic E-state index is 12.6. The first kappa shape index (κ1) is 34.3. The molecule has 6 aromatic rings. The Hall–Kier alpha value is -5.11. The molecule has 0 bridgehead atoms. The lowest BCUT2D eigenvalue weighted by Gasteiger charge is -2.39. The Kier molecular flexibility index (Phi) is 10.7. The number of amides is 1. The Bertz CT molecular complexity index is 2060. The van der Waals surface area contributed by atoms with E-state index in [-0.39, 0.29) is 30.8 Å². The average Bonchev–Trinajstić information content (AvgIpc) is 3.19. The Balaban J connectivity index is 1.07. The van der Waals surface area contributed by atoms with Crippen molar-refractivity contribution in [3.05, 3.63) is 179 Å². The van der Waals surface area contributed by atoms with Crippen molar-refractivity contribution < 1.29 is 19.4 Å². The summed E-state index contributed by atoms with van der Waals surface area (Å²) < 4.78 is 13.4. The van der Waals surface area contributed by atoms with Crippen molar-refractivity contribution in [2.75, 3.05) is 13.6 Å². The molecule has 51 heavy (non-hydrogen) atoms. The van der Waals surface area contributed by atoms with Gasteiger partial charge in [-0.1, -0.05) is 121 Å². The molecule has 1 aliphatic rings. The number of hydrogen-bond acceptors (Lipinski definition) is 5. The number of aliphatic hydroxyl groups is 1. The number of rotatable bonds is 11. The minimum absolute atomic E-state index is 0.00913. The molecule has 2 N–H and O–H groups in total. The fraction of sp³-hybridized carbons (Fsp3) is 0.222. The van der Waals surface area contributed by atoms with Crippen LogP contribution in [0.3, 0.4) is 0 Å². The highest BCUT2D eigenvalue weighted by Gasteiger charge is 2.33. The first-order valence-corrected chi connectivity index (χ1v) is 17.7. The normalized spacial score (nSPS) is 18.1. The highest BCUT2D eigenvalue weighted by molar-refractivity contribution is 5.94. The Labute approximate surface area is 300 Å². The molecule has 0 aliphatic carbocycles. The van der Waals surface area contributed by atoms with Crippen LogP contribution in [-0.4, -0.2) is 35.6 Å². The van der Waals surface area contributed by atoms with Gasteiger partial charge in [-0.15, -0.1) is 0 Å². The van der Waals surface area contributed by atoms with Gasteiger partial charge in [-0.3, -0.25) is 9.69 Å². The van der Waals surface area contributed by atoms with Gasteiger partial charge >= 0.3 is 0 Å². The molecular formula is C45H44N2O4. The Morgan fingerprint density at radius 2 is 1.47 bits per heavy atom. The van der Waals surface area contributed by atoms with E-state index in [1.807, 2.05) is 54.6 Å². The van der Waals surface area contributed by atoms with Gasteiger partial charge in [0.2, 0.25) is 0 Å². The quantitative estimate of drug-likeness (QED) is 0.143. The zero-order valence-corrected chi connectivity index (χ0v) is 29.1. The maximum atomic E-state index is 12.6. The van der Waals surface area contributed by atoms with Gasteiger partial charge in [-0.05, 0) is 82.4 Å². The van der Waals surface area contributed by atoms with E-state index in [4.69, 9.17) is 9.47 Å². The van der Waals surface area contributed by atoms with Crippen LogP contribution < -0.4 is 5.32 Å². The molecule has 0 spiro atoms. The number of ether oxygens (including phenoxy) is 2. The van der Waals surface area contributed by atoms with Crippen LogP contribution in [0.2, 0.25) is 0 Å². The lowest BCUT2D eigenvalue weighted by molar-refractivity contribution is -0.253. The van der Waals surface area contributed by atoms with Crippen molar-refractivity contribution in [1.82, 2.24) is 10.2 Å². The number of nitrogens with zero attached hydrogens (tertiary/aromatic N) is 1. The van der Waals surface area contributed by atoms with Gasteiger partial charge in [0, 0.05) is 36.7 Å². The number of fused-ring (bicyclic) bond motifs is 1. The van der Waals surface area contributed by atoms with Gasteiger partial charge < -0.3 is 19.9 Å². The minimum Gasteiger partial charge on any atom is -0.392 e.